The maximum Gasteiger partial charge on any atom is 0.191 e. The Morgan fingerprint density at radius 3 is 2.61 bits per heavy atom. The Hall–Kier alpha value is -1.79. The number of nitrogens with zero attached hydrogens (tertiary/aromatic N) is 2. The van der Waals surface area contributed by atoms with Crippen LogP contribution in [0.1, 0.15) is 44.6 Å². The van der Waals surface area contributed by atoms with Gasteiger partial charge in [0.05, 0.1) is 20.3 Å². The zero-order valence-electron chi connectivity index (χ0n) is 17.9. The van der Waals surface area contributed by atoms with Crippen LogP contribution in [0, 0.1) is 0 Å². The lowest BCUT2D eigenvalue weighted by Gasteiger charge is -2.26. The SMILES string of the molecule is CCNC(=NCCCCN1CCOCC1)NCCC(C)c1ccc(OC)cc1. The van der Waals surface area contributed by atoms with Gasteiger partial charge in [-0.2, -0.15) is 0 Å². The van der Waals surface area contributed by atoms with Gasteiger partial charge in [0.25, 0.3) is 0 Å². The highest BCUT2D eigenvalue weighted by Crippen LogP contribution is 2.21. The average Bonchev–Trinajstić information content (AvgIpc) is 2.74. The first-order valence-corrected chi connectivity index (χ1v) is 10.7. The average molecular weight is 391 g/mol. The quantitative estimate of drug-likeness (QED) is 0.346. The largest absolute Gasteiger partial charge is 0.497 e. The van der Waals surface area contributed by atoms with Crippen LogP contribution >= 0.6 is 0 Å². The van der Waals surface area contributed by atoms with Crippen molar-refractivity contribution in [3.63, 3.8) is 0 Å². The Morgan fingerprint density at radius 1 is 1.18 bits per heavy atom. The van der Waals surface area contributed by atoms with Crippen LogP contribution in [0.15, 0.2) is 29.3 Å². The van der Waals surface area contributed by atoms with E-state index in [1.165, 1.54) is 12.0 Å². The van der Waals surface area contributed by atoms with Crippen LogP contribution < -0.4 is 15.4 Å². The van der Waals surface area contributed by atoms with Crippen LogP contribution in [-0.2, 0) is 4.74 Å². The number of morpholine rings is 1. The van der Waals surface area contributed by atoms with Crippen LogP contribution in [0.2, 0.25) is 0 Å². The maximum absolute atomic E-state index is 5.39. The van der Waals surface area contributed by atoms with Gasteiger partial charge in [-0.05, 0) is 56.3 Å². The molecule has 1 aromatic rings. The standard InChI is InChI=1S/C22H38N4O2/c1-4-23-22(24-12-5-6-14-26-15-17-28-18-16-26)25-13-11-19(2)20-7-9-21(27-3)10-8-20/h7-10,19H,4-6,11-18H2,1-3H3,(H2,23,24,25). The minimum Gasteiger partial charge on any atom is -0.497 e. The summed E-state index contributed by atoms with van der Waals surface area (Å²) in [5.74, 6) is 2.33. The monoisotopic (exact) mass is 390 g/mol. The summed E-state index contributed by atoms with van der Waals surface area (Å²) < 4.78 is 10.6. The summed E-state index contributed by atoms with van der Waals surface area (Å²) in [7, 11) is 1.70. The number of rotatable bonds is 11. The first kappa shape index (κ1) is 22.5. The summed E-state index contributed by atoms with van der Waals surface area (Å²) >= 11 is 0. The molecule has 1 unspecified atom stereocenters. The number of aliphatic imine (C=N–C) groups is 1. The zero-order chi connectivity index (χ0) is 20.0. The number of guanidine groups is 1. The Bertz CT molecular complexity index is 556. The Labute approximate surface area is 170 Å². The molecule has 158 valence electrons. The molecular weight excluding hydrogens is 352 g/mol. The minimum absolute atomic E-state index is 0.495. The summed E-state index contributed by atoms with van der Waals surface area (Å²) in [6.07, 6.45) is 3.38. The molecule has 28 heavy (non-hydrogen) atoms. The molecule has 1 fully saturated rings. The van der Waals surface area contributed by atoms with Gasteiger partial charge >= 0.3 is 0 Å². The van der Waals surface area contributed by atoms with E-state index in [1.807, 2.05) is 12.1 Å². The fourth-order valence-corrected chi connectivity index (χ4v) is 3.31. The first-order valence-electron chi connectivity index (χ1n) is 10.7. The second kappa shape index (κ2) is 13.4. The molecule has 1 aliphatic heterocycles. The smallest absolute Gasteiger partial charge is 0.191 e. The number of nitrogens with one attached hydrogen (secondary N) is 2. The van der Waals surface area contributed by atoms with Gasteiger partial charge < -0.3 is 20.1 Å². The van der Waals surface area contributed by atoms with E-state index in [2.05, 4.69) is 41.5 Å². The lowest BCUT2D eigenvalue weighted by molar-refractivity contribution is 0.0373. The first-order chi connectivity index (χ1) is 13.7. The van der Waals surface area contributed by atoms with E-state index in [1.54, 1.807) is 7.11 Å². The fourth-order valence-electron chi connectivity index (χ4n) is 3.31. The van der Waals surface area contributed by atoms with Crippen molar-refractivity contribution in [3.8, 4) is 5.75 Å². The van der Waals surface area contributed by atoms with Gasteiger partial charge in [0.1, 0.15) is 5.75 Å². The Morgan fingerprint density at radius 2 is 1.93 bits per heavy atom. The van der Waals surface area contributed by atoms with E-state index < -0.39 is 0 Å². The molecule has 0 aliphatic carbocycles. The molecule has 1 aliphatic rings. The minimum atomic E-state index is 0.495. The number of methoxy groups -OCH3 is 1. The molecule has 6 heteroatoms. The zero-order valence-corrected chi connectivity index (χ0v) is 17.9. The second-order valence-corrected chi connectivity index (χ2v) is 7.31. The topological polar surface area (TPSA) is 58.1 Å². The van der Waals surface area contributed by atoms with E-state index in [4.69, 9.17) is 14.5 Å². The second-order valence-electron chi connectivity index (χ2n) is 7.31. The molecule has 2 N–H and O–H groups in total. The van der Waals surface area contributed by atoms with Crippen LogP contribution in [0.4, 0.5) is 0 Å². The highest BCUT2D eigenvalue weighted by atomic mass is 16.5. The highest BCUT2D eigenvalue weighted by molar-refractivity contribution is 5.79. The fraction of sp³-hybridized carbons (Fsp3) is 0.682. The number of hydrogen-bond acceptors (Lipinski definition) is 4. The lowest BCUT2D eigenvalue weighted by atomic mass is 9.98. The summed E-state index contributed by atoms with van der Waals surface area (Å²) in [6, 6.07) is 8.36. The molecule has 6 nitrogen and oxygen atoms in total. The van der Waals surface area contributed by atoms with Crippen molar-refractivity contribution in [1.29, 1.82) is 0 Å². The summed E-state index contributed by atoms with van der Waals surface area (Å²) in [5.41, 5.74) is 1.34. The molecule has 0 spiro atoms. The number of unbranched alkanes of at least 4 members (excludes halogenated alkanes) is 1. The molecule has 1 aromatic carbocycles. The van der Waals surface area contributed by atoms with Crippen molar-refractivity contribution in [3.05, 3.63) is 29.8 Å². The van der Waals surface area contributed by atoms with Crippen LogP contribution in [-0.4, -0.2) is 70.5 Å². The van der Waals surface area contributed by atoms with Gasteiger partial charge in [-0.3, -0.25) is 9.89 Å². The molecule has 0 bridgehead atoms. The van der Waals surface area contributed by atoms with Crippen LogP contribution in [0.3, 0.4) is 0 Å². The van der Waals surface area contributed by atoms with E-state index in [0.717, 1.165) is 77.0 Å². The summed E-state index contributed by atoms with van der Waals surface area (Å²) in [4.78, 5) is 7.21. The van der Waals surface area contributed by atoms with Crippen molar-refractivity contribution in [2.24, 2.45) is 4.99 Å². The van der Waals surface area contributed by atoms with Crippen LogP contribution in [0.25, 0.3) is 0 Å². The molecular formula is C22H38N4O2. The third kappa shape index (κ3) is 8.48. The van der Waals surface area contributed by atoms with Gasteiger partial charge in [0.15, 0.2) is 5.96 Å². The summed E-state index contributed by atoms with van der Waals surface area (Å²) in [6.45, 7) is 12.1. The molecule has 0 amide bonds. The maximum atomic E-state index is 5.39. The van der Waals surface area contributed by atoms with Gasteiger partial charge in [0, 0.05) is 32.7 Å². The third-order valence-corrected chi connectivity index (χ3v) is 5.15. The number of benzene rings is 1. The predicted octanol–water partition coefficient (Wildman–Crippen LogP) is 2.86. The molecule has 1 atom stereocenters. The predicted molar refractivity (Wildman–Crippen MR) is 117 cm³/mol. The van der Waals surface area contributed by atoms with E-state index in [9.17, 15) is 0 Å². The van der Waals surface area contributed by atoms with Gasteiger partial charge in [-0.25, -0.2) is 0 Å². The number of ether oxygens (including phenoxy) is 2. The third-order valence-electron chi connectivity index (χ3n) is 5.15. The molecule has 0 saturated carbocycles. The Kier molecular flexibility index (Phi) is 10.8. The van der Waals surface area contributed by atoms with Gasteiger partial charge in [-0.1, -0.05) is 19.1 Å². The van der Waals surface area contributed by atoms with Crippen molar-refractivity contribution >= 4 is 5.96 Å². The van der Waals surface area contributed by atoms with Crippen LogP contribution in [0.5, 0.6) is 5.75 Å². The highest BCUT2D eigenvalue weighted by Gasteiger charge is 2.09. The normalized spacial score (nSPS) is 16.6. The molecule has 1 heterocycles. The molecule has 2 rings (SSSR count). The number of hydrogen-bond donors (Lipinski definition) is 2. The lowest BCUT2D eigenvalue weighted by Crippen LogP contribution is -2.38. The molecule has 0 radical (unpaired) electrons. The van der Waals surface area contributed by atoms with Crippen molar-refractivity contribution in [2.45, 2.75) is 39.0 Å². The van der Waals surface area contributed by atoms with E-state index in [0.29, 0.717) is 5.92 Å². The van der Waals surface area contributed by atoms with Crippen molar-refractivity contribution in [1.82, 2.24) is 15.5 Å². The molecule has 0 aromatic heterocycles. The van der Waals surface area contributed by atoms with E-state index in [-0.39, 0.29) is 0 Å². The van der Waals surface area contributed by atoms with Gasteiger partial charge in [0.2, 0.25) is 0 Å². The van der Waals surface area contributed by atoms with Crippen molar-refractivity contribution in [2.75, 3.05) is 59.6 Å². The van der Waals surface area contributed by atoms with E-state index >= 15 is 0 Å². The van der Waals surface area contributed by atoms with Crippen molar-refractivity contribution < 1.29 is 9.47 Å². The summed E-state index contributed by atoms with van der Waals surface area (Å²) in [5, 5.41) is 6.82. The Balaban J connectivity index is 1.65. The molecule has 1 saturated heterocycles. The van der Waals surface area contributed by atoms with Gasteiger partial charge in [-0.15, -0.1) is 0 Å².